The van der Waals surface area contributed by atoms with Gasteiger partial charge in [0.05, 0.1) is 6.54 Å². The van der Waals surface area contributed by atoms with E-state index >= 15 is 0 Å². The molecule has 0 bridgehead atoms. The van der Waals surface area contributed by atoms with Gasteiger partial charge in [0.2, 0.25) is 0 Å². The quantitative estimate of drug-likeness (QED) is 0.577. The van der Waals surface area contributed by atoms with Crippen molar-refractivity contribution in [2.24, 2.45) is 4.99 Å². The number of nitrogens with one attached hydrogen (secondary N) is 2. The van der Waals surface area contributed by atoms with Crippen LogP contribution < -0.4 is 10.6 Å². The number of benzene rings is 1. The highest BCUT2D eigenvalue weighted by atomic mass is 35.5. The summed E-state index contributed by atoms with van der Waals surface area (Å²) in [6, 6.07) is 11.0. The van der Waals surface area contributed by atoms with Gasteiger partial charge in [-0.15, -0.1) is 11.3 Å². The number of sulfonamides is 1. The van der Waals surface area contributed by atoms with E-state index in [-0.39, 0.29) is 0 Å². The van der Waals surface area contributed by atoms with Gasteiger partial charge >= 0.3 is 0 Å². The second kappa shape index (κ2) is 8.66. The standard InChI is InChI=1S/C16H21ClN4O2S2/c1-18-16(19-10-12-4-6-13(17)7-5-12)20-11-14-8-9-15(24-14)25(22,23)21(2)3/h4-9H,10-11H2,1-3H3,(H2,18,19,20). The first kappa shape index (κ1) is 19.7. The second-order valence-corrected chi connectivity index (χ2v) is 9.40. The molecule has 0 amide bonds. The fourth-order valence-electron chi connectivity index (χ4n) is 1.95. The van der Waals surface area contributed by atoms with Crippen LogP contribution >= 0.6 is 22.9 Å². The first-order chi connectivity index (χ1) is 11.8. The molecule has 0 spiro atoms. The Balaban J connectivity index is 1.91. The van der Waals surface area contributed by atoms with E-state index in [0.29, 0.717) is 28.3 Å². The lowest BCUT2D eigenvalue weighted by Gasteiger charge is -2.11. The number of rotatable bonds is 6. The van der Waals surface area contributed by atoms with E-state index in [0.717, 1.165) is 10.4 Å². The third kappa shape index (κ3) is 5.43. The van der Waals surface area contributed by atoms with Gasteiger partial charge in [0.1, 0.15) is 4.21 Å². The summed E-state index contributed by atoms with van der Waals surface area (Å²) in [6.07, 6.45) is 0. The predicted octanol–water partition coefficient (Wildman–Crippen LogP) is 2.52. The zero-order valence-corrected chi connectivity index (χ0v) is 16.7. The van der Waals surface area contributed by atoms with Gasteiger partial charge in [-0.25, -0.2) is 12.7 Å². The minimum absolute atomic E-state index is 0.332. The first-order valence-corrected chi connectivity index (χ1v) is 10.2. The van der Waals surface area contributed by atoms with E-state index in [9.17, 15) is 8.42 Å². The van der Waals surface area contributed by atoms with Crippen molar-refractivity contribution in [3.05, 3.63) is 51.9 Å². The highest BCUT2D eigenvalue weighted by molar-refractivity contribution is 7.91. The summed E-state index contributed by atoms with van der Waals surface area (Å²) in [5.74, 6) is 0.639. The molecule has 2 N–H and O–H groups in total. The van der Waals surface area contributed by atoms with Crippen LogP contribution in [-0.4, -0.2) is 39.8 Å². The van der Waals surface area contributed by atoms with Crippen LogP contribution in [0.5, 0.6) is 0 Å². The molecular formula is C16H21ClN4O2S2. The van der Waals surface area contributed by atoms with Crippen LogP contribution in [0.3, 0.4) is 0 Å². The summed E-state index contributed by atoms with van der Waals surface area (Å²) in [7, 11) is 1.35. The van der Waals surface area contributed by atoms with Gasteiger partial charge in [-0.05, 0) is 29.8 Å². The predicted molar refractivity (Wildman–Crippen MR) is 104 cm³/mol. The topological polar surface area (TPSA) is 73.8 Å². The van der Waals surface area contributed by atoms with Crippen molar-refractivity contribution in [2.75, 3.05) is 21.1 Å². The molecule has 25 heavy (non-hydrogen) atoms. The highest BCUT2D eigenvalue weighted by Crippen LogP contribution is 2.23. The minimum atomic E-state index is -3.38. The molecular weight excluding hydrogens is 380 g/mol. The fraction of sp³-hybridized carbons (Fsp3) is 0.312. The third-order valence-electron chi connectivity index (χ3n) is 3.40. The van der Waals surface area contributed by atoms with Gasteiger partial charge in [0.25, 0.3) is 10.0 Å². The molecule has 0 saturated carbocycles. The summed E-state index contributed by atoms with van der Waals surface area (Å²) in [6.45, 7) is 1.11. The molecule has 1 aromatic heterocycles. The Morgan fingerprint density at radius 1 is 1.12 bits per heavy atom. The largest absolute Gasteiger partial charge is 0.352 e. The van der Waals surface area contributed by atoms with Crippen molar-refractivity contribution >= 4 is 38.9 Å². The normalized spacial score (nSPS) is 12.4. The Morgan fingerprint density at radius 3 is 2.36 bits per heavy atom. The number of nitrogens with zero attached hydrogens (tertiary/aromatic N) is 2. The Kier molecular flexibility index (Phi) is 6.83. The minimum Gasteiger partial charge on any atom is -0.352 e. The number of hydrogen-bond acceptors (Lipinski definition) is 4. The molecule has 1 aromatic carbocycles. The molecule has 2 aromatic rings. The number of halogens is 1. The Hall–Kier alpha value is -1.61. The summed E-state index contributed by atoms with van der Waals surface area (Å²) < 4.78 is 25.7. The number of hydrogen-bond donors (Lipinski definition) is 2. The zero-order chi connectivity index (χ0) is 18.4. The van der Waals surface area contributed by atoms with E-state index in [2.05, 4.69) is 15.6 Å². The zero-order valence-electron chi connectivity index (χ0n) is 14.3. The van der Waals surface area contributed by atoms with Crippen molar-refractivity contribution in [3.8, 4) is 0 Å². The number of guanidine groups is 1. The van der Waals surface area contributed by atoms with Crippen LogP contribution in [0.2, 0.25) is 5.02 Å². The monoisotopic (exact) mass is 400 g/mol. The first-order valence-electron chi connectivity index (χ1n) is 7.53. The number of thiophene rings is 1. The van der Waals surface area contributed by atoms with Crippen molar-refractivity contribution in [1.29, 1.82) is 0 Å². The molecule has 136 valence electrons. The van der Waals surface area contributed by atoms with Crippen LogP contribution in [0.15, 0.2) is 45.6 Å². The van der Waals surface area contributed by atoms with Crippen LogP contribution in [0, 0.1) is 0 Å². The van der Waals surface area contributed by atoms with E-state index in [1.54, 1.807) is 19.2 Å². The number of aliphatic imine (C=N–C) groups is 1. The molecule has 0 unspecified atom stereocenters. The third-order valence-corrected chi connectivity index (χ3v) is 7.02. The molecule has 2 rings (SSSR count). The summed E-state index contributed by atoms with van der Waals surface area (Å²) in [5.41, 5.74) is 1.09. The average molecular weight is 401 g/mol. The SMILES string of the molecule is CN=C(NCc1ccc(Cl)cc1)NCc1ccc(S(=O)(=O)N(C)C)s1. The maximum Gasteiger partial charge on any atom is 0.252 e. The van der Waals surface area contributed by atoms with Crippen molar-refractivity contribution in [1.82, 2.24) is 14.9 Å². The van der Waals surface area contributed by atoms with E-state index in [1.807, 2.05) is 24.3 Å². The van der Waals surface area contributed by atoms with Gasteiger partial charge in [-0.2, -0.15) is 0 Å². The second-order valence-electron chi connectivity index (χ2n) is 5.41. The molecule has 0 radical (unpaired) electrons. The van der Waals surface area contributed by atoms with Crippen LogP contribution in [0.4, 0.5) is 0 Å². The Morgan fingerprint density at radius 2 is 1.76 bits per heavy atom. The molecule has 0 atom stereocenters. The Bertz CT molecular complexity index is 830. The molecule has 0 aliphatic rings. The average Bonchev–Trinajstić information content (AvgIpc) is 3.06. The van der Waals surface area contributed by atoms with Crippen LogP contribution in [0.1, 0.15) is 10.4 Å². The molecule has 1 heterocycles. The van der Waals surface area contributed by atoms with Gasteiger partial charge in [-0.1, -0.05) is 23.7 Å². The lowest BCUT2D eigenvalue weighted by atomic mass is 10.2. The van der Waals surface area contributed by atoms with Crippen molar-refractivity contribution in [3.63, 3.8) is 0 Å². The molecule has 0 aliphatic heterocycles. The fourth-order valence-corrected chi connectivity index (χ4v) is 4.54. The molecule has 0 aliphatic carbocycles. The maximum absolute atomic E-state index is 12.1. The Labute approximate surface area is 157 Å². The summed E-state index contributed by atoms with van der Waals surface area (Å²) in [5, 5.41) is 7.08. The van der Waals surface area contributed by atoms with Crippen LogP contribution in [-0.2, 0) is 23.1 Å². The lowest BCUT2D eigenvalue weighted by molar-refractivity contribution is 0.523. The van der Waals surface area contributed by atoms with E-state index in [1.165, 1.54) is 29.7 Å². The summed E-state index contributed by atoms with van der Waals surface area (Å²) in [4.78, 5) is 5.08. The van der Waals surface area contributed by atoms with E-state index < -0.39 is 10.0 Å². The van der Waals surface area contributed by atoms with E-state index in [4.69, 9.17) is 11.6 Å². The lowest BCUT2D eigenvalue weighted by Crippen LogP contribution is -2.36. The van der Waals surface area contributed by atoms with Gasteiger partial charge in [-0.3, -0.25) is 4.99 Å². The van der Waals surface area contributed by atoms with Crippen molar-refractivity contribution in [2.45, 2.75) is 17.3 Å². The molecule has 9 heteroatoms. The maximum atomic E-state index is 12.1. The smallest absolute Gasteiger partial charge is 0.252 e. The molecule has 0 saturated heterocycles. The van der Waals surface area contributed by atoms with Crippen LogP contribution in [0.25, 0.3) is 0 Å². The molecule has 0 fully saturated rings. The summed E-state index contributed by atoms with van der Waals surface area (Å²) >= 11 is 7.12. The van der Waals surface area contributed by atoms with Gasteiger partial charge in [0, 0.05) is 37.6 Å². The van der Waals surface area contributed by atoms with Gasteiger partial charge in [0.15, 0.2) is 5.96 Å². The molecule has 6 nitrogen and oxygen atoms in total. The highest BCUT2D eigenvalue weighted by Gasteiger charge is 2.19. The van der Waals surface area contributed by atoms with Crippen molar-refractivity contribution < 1.29 is 8.42 Å². The van der Waals surface area contributed by atoms with Gasteiger partial charge < -0.3 is 10.6 Å².